The van der Waals surface area contributed by atoms with Crippen molar-refractivity contribution in [1.29, 1.82) is 0 Å². The summed E-state index contributed by atoms with van der Waals surface area (Å²) >= 11 is 0. The van der Waals surface area contributed by atoms with Crippen LogP contribution in [0.15, 0.2) is 23.2 Å². The monoisotopic (exact) mass is 269 g/mol. The van der Waals surface area contributed by atoms with Crippen molar-refractivity contribution in [3.63, 3.8) is 0 Å². The van der Waals surface area contributed by atoms with Crippen LogP contribution in [0.1, 0.15) is 26.2 Å². The third kappa shape index (κ3) is 2.81. The Morgan fingerprint density at radius 1 is 1.33 bits per heavy atom. The van der Waals surface area contributed by atoms with Crippen LogP contribution in [-0.2, 0) is 10.0 Å². The summed E-state index contributed by atoms with van der Waals surface area (Å²) in [4.78, 5) is 4.42. The van der Waals surface area contributed by atoms with Gasteiger partial charge in [-0.1, -0.05) is 6.92 Å². The number of anilines is 1. The van der Waals surface area contributed by atoms with Crippen molar-refractivity contribution in [2.75, 3.05) is 25.0 Å². The first-order valence-corrected chi connectivity index (χ1v) is 7.78. The zero-order chi connectivity index (χ0) is 13.0. The molecule has 1 fully saturated rings. The second-order valence-corrected chi connectivity index (χ2v) is 6.36. The molecule has 0 aromatic carbocycles. The summed E-state index contributed by atoms with van der Waals surface area (Å²) < 4.78 is 26.0. The highest BCUT2D eigenvalue weighted by atomic mass is 32.2. The van der Waals surface area contributed by atoms with Gasteiger partial charge in [-0.25, -0.2) is 13.4 Å². The lowest BCUT2D eigenvalue weighted by Crippen LogP contribution is -2.27. The quantitative estimate of drug-likeness (QED) is 0.883. The normalized spacial score (nSPS) is 16.9. The zero-order valence-corrected chi connectivity index (χ0v) is 11.4. The molecule has 18 heavy (non-hydrogen) atoms. The minimum atomic E-state index is -3.33. The fourth-order valence-corrected chi connectivity index (χ4v) is 3.43. The highest BCUT2D eigenvalue weighted by Gasteiger charge is 2.27. The fraction of sp³-hybridized carbons (Fsp3) is 0.583. The van der Waals surface area contributed by atoms with Gasteiger partial charge in [0.05, 0.1) is 0 Å². The second-order valence-electron chi connectivity index (χ2n) is 4.42. The summed E-state index contributed by atoms with van der Waals surface area (Å²) in [5.74, 6) is 0.720. The average molecular weight is 269 g/mol. The van der Waals surface area contributed by atoms with E-state index in [2.05, 4.69) is 17.2 Å². The molecule has 0 atom stereocenters. The molecule has 0 bridgehead atoms. The van der Waals surface area contributed by atoms with Gasteiger partial charge in [0.1, 0.15) is 10.7 Å². The van der Waals surface area contributed by atoms with Crippen molar-refractivity contribution in [3.8, 4) is 0 Å². The molecule has 1 saturated heterocycles. The van der Waals surface area contributed by atoms with E-state index in [1.165, 1.54) is 10.5 Å². The van der Waals surface area contributed by atoms with Crippen molar-refractivity contribution in [3.05, 3.63) is 18.3 Å². The molecule has 0 spiro atoms. The number of hydrogen-bond donors (Lipinski definition) is 1. The van der Waals surface area contributed by atoms with Crippen LogP contribution in [0.3, 0.4) is 0 Å². The molecule has 0 radical (unpaired) electrons. The van der Waals surface area contributed by atoms with E-state index in [0.717, 1.165) is 31.6 Å². The Bertz CT molecular complexity index is 479. The van der Waals surface area contributed by atoms with Gasteiger partial charge in [-0.05, 0) is 31.4 Å². The van der Waals surface area contributed by atoms with Gasteiger partial charge in [0.15, 0.2) is 0 Å². The van der Waals surface area contributed by atoms with Gasteiger partial charge in [0, 0.05) is 25.8 Å². The van der Waals surface area contributed by atoms with E-state index in [0.29, 0.717) is 13.1 Å². The van der Waals surface area contributed by atoms with Gasteiger partial charge < -0.3 is 5.32 Å². The minimum absolute atomic E-state index is 0.284. The zero-order valence-electron chi connectivity index (χ0n) is 10.6. The Kier molecular flexibility index (Phi) is 4.19. The first kappa shape index (κ1) is 13.3. The van der Waals surface area contributed by atoms with Crippen LogP contribution in [0.2, 0.25) is 0 Å². The standard InChI is InChI=1S/C12H19N3O2S/c1-2-7-13-12-6-5-11(10-14-12)18(16,17)15-8-3-4-9-15/h5-6,10H,2-4,7-9H2,1H3,(H,13,14). The summed E-state index contributed by atoms with van der Waals surface area (Å²) in [5, 5.41) is 3.12. The molecule has 0 amide bonds. The maximum absolute atomic E-state index is 12.2. The SMILES string of the molecule is CCCNc1ccc(S(=O)(=O)N2CCCC2)cn1. The van der Waals surface area contributed by atoms with Crippen LogP contribution < -0.4 is 5.32 Å². The first-order chi connectivity index (χ1) is 8.64. The van der Waals surface area contributed by atoms with Crippen molar-refractivity contribution < 1.29 is 8.42 Å². The fourth-order valence-electron chi connectivity index (χ4n) is 1.97. The van der Waals surface area contributed by atoms with Crippen LogP contribution in [-0.4, -0.2) is 37.3 Å². The molecule has 1 aromatic rings. The van der Waals surface area contributed by atoms with E-state index in [9.17, 15) is 8.42 Å². The number of nitrogens with zero attached hydrogens (tertiary/aromatic N) is 2. The van der Waals surface area contributed by atoms with Gasteiger partial charge in [-0.3, -0.25) is 0 Å². The Labute approximate surface area is 108 Å². The molecule has 0 aliphatic carbocycles. The van der Waals surface area contributed by atoms with E-state index in [1.54, 1.807) is 12.1 Å². The topological polar surface area (TPSA) is 62.3 Å². The number of aromatic nitrogens is 1. The van der Waals surface area contributed by atoms with E-state index in [4.69, 9.17) is 0 Å². The molecule has 6 heteroatoms. The van der Waals surface area contributed by atoms with Crippen LogP contribution in [0, 0.1) is 0 Å². The van der Waals surface area contributed by atoms with Gasteiger partial charge in [-0.15, -0.1) is 0 Å². The number of sulfonamides is 1. The summed E-state index contributed by atoms with van der Waals surface area (Å²) in [7, 11) is -3.33. The molecular formula is C12H19N3O2S. The Balaban J connectivity index is 2.13. The molecule has 100 valence electrons. The van der Waals surface area contributed by atoms with Crippen molar-refractivity contribution in [2.45, 2.75) is 31.1 Å². The van der Waals surface area contributed by atoms with E-state index < -0.39 is 10.0 Å². The van der Waals surface area contributed by atoms with Gasteiger partial charge in [0.25, 0.3) is 0 Å². The number of hydrogen-bond acceptors (Lipinski definition) is 4. The van der Waals surface area contributed by atoms with Crippen molar-refractivity contribution in [2.24, 2.45) is 0 Å². The van der Waals surface area contributed by atoms with Gasteiger partial charge in [0.2, 0.25) is 10.0 Å². The molecule has 1 N–H and O–H groups in total. The summed E-state index contributed by atoms with van der Waals surface area (Å²) in [6.07, 6.45) is 4.34. The second kappa shape index (κ2) is 5.67. The predicted octanol–water partition coefficient (Wildman–Crippen LogP) is 1.69. The van der Waals surface area contributed by atoms with Gasteiger partial charge in [-0.2, -0.15) is 4.31 Å². The highest BCUT2D eigenvalue weighted by molar-refractivity contribution is 7.89. The molecule has 0 saturated carbocycles. The van der Waals surface area contributed by atoms with Gasteiger partial charge >= 0.3 is 0 Å². The molecule has 5 nitrogen and oxygen atoms in total. The molecular weight excluding hydrogens is 250 g/mol. The molecule has 0 unspecified atom stereocenters. The van der Waals surface area contributed by atoms with E-state index in [1.807, 2.05) is 0 Å². The molecule has 1 aliphatic heterocycles. The van der Waals surface area contributed by atoms with E-state index >= 15 is 0 Å². The summed E-state index contributed by atoms with van der Waals surface area (Å²) in [6, 6.07) is 3.34. The van der Waals surface area contributed by atoms with Crippen LogP contribution in [0.25, 0.3) is 0 Å². The average Bonchev–Trinajstić information content (AvgIpc) is 2.91. The van der Waals surface area contributed by atoms with Crippen LogP contribution in [0.5, 0.6) is 0 Å². The molecule has 2 heterocycles. The Hall–Kier alpha value is -1.14. The Morgan fingerprint density at radius 2 is 2.06 bits per heavy atom. The van der Waals surface area contributed by atoms with Crippen molar-refractivity contribution in [1.82, 2.24) is 9.29 Å². The number of pyridine rings is 1. The summed E-state index contributed by atoms with van der Waals surface area (Å²) in [5.41, 5.74) is 0. The maximum atomic E-state index is 12.2. The van der Waals surface area contributed by atoms with E-state index in [-0.39, 0.29) is 4.90 Å². The minimum Gasteiger partial charge on any atom is -0.370 e. The lowest BCUT2D eigenvalue weighted by atomic mass is 10.4. The number of rotatable bonds is 5. The van der Waals surface area contributed by atoms with Crippen LogP contribution >= 0.6 is 0 Å². The highest BCUT2D eigenvalue weighted by Crippen LogP contribution is 2.20. The summed E-state index contributed by atoms with van der Waals surface area (Å²) in [6.45, 7) is 4.15. The van der Waals surface area contributed by atoms with Crippen LogP contribution in [0.4, 0.5) is 5.82 Å². The lowest BCUT2D eigenvalue weighted by Gasteiger charge is -2.15. The smallest absolute Gasteiger partial charge is 0.244 e. The first-order valence-electron chi connectivity index (χ1n) is 6.34. The largest absolute Gasteiger partial charge is 0.370 e. The Morgan fingerprint density at radius 3 is 2.61 bits per heavy atom. The molecule has 1 aromatic heterocycles. The molecule has 2 rings (SSSR count). The number of nitrogens with one attached hydrogen (secondary N) is 1. The third-order valence-corrected chi connectivity index (χ3v) is 4.88. The van der Waals surface area contributed by atoms with Crippen molar-refractivity contribution >= 4 is 15.8 Å². The maximum Gasteiger partial charge on any atom is 0.244 e. The third-order valence-electron chi connectivity index (χ3n) is 3.00. The lowest BCUT2D eigenvalue weighted by molar-refractivity contribution is 0.477. The predicted molar refractivity (Wildman–Crippen MR) is 71.0 cm³/mol. The molecule has 1 aliphatic rings.